The molecule has 0 spiro atoms. The number of anilines is 1. The Bertz CT molecular complexity index is 551. The molecule has 0 saturated carbocycles. The molecule has 2 aromatic rings. The number of nitrogens with one attached hydrogen (secondary N) is 1. The van der Waals surface area contributed by atoms with Crippen molar-refractivity contribution in [3.63, 3.8) is 0 Å². The first-order valence-corrected chi connectivity index (χ1v) is 5.09. The van der Waals surface area contributed by atoms with Crippen LogP contribution in [-0.4, -0.2) is 17.4 Å². The van der Waals surface area contributed by atoms with E-state index in [2.05, 4.69) is 10.3 Å². The molecule has 0 radical (unpaired) electrons. The van der Waals surface area contributed by atoms with Gasteiger partial charge < -0.3 is 0 Å². The lowest BCUT2D eigenvalue weighted by molar-refractivity contribution is -0.551. The van der Waals surface area contributed by atoms with Crippen LogP contribution >= 0.6 is 0 Å². The highest BCUT2D eigenvalue weighted by atomic mass is 16.2. The maximum atomic E-state index is 11.5. The highest BCUT2D eigenvalue weighted by Gasteiger charge is 2.27. The fourth-order valence-corrected chi connectivity index (χ4v) is 1.76. The number of aromatic nitrogens is 2. The lowest BCUT2D eigenvalue weighted by Gasteiger charge is -1.99. The van der Waals surface area contributed by atoms with E-state index in [4.69, 9.17) is 0 Å². The van der Waals surface area contributed by atoms with Gasteiger partial charge in [0.15, 0.2) is 6.54 Å². The molecule has 0 fully saturated rings. The summed E-state index contributed by atoms with van der Waals surface area (Å²) < 4.78 is 1.61. The third-order valence-corrected chi connectivity index (χ3v) is 2.60. The Morgan fingerprint density at radius 3 is 2.88 bits per heavy atom. The molecule has 0 unspecified atom stereocenters. The quantitative estimate of drug-likeness (QED) is 0.720. The van der Waals surface area contributed by atoms with Crippen LogP contribution in [-0.2, 0) is 0 Å². The van der Waals surface area contributed by atoms with Gasteiger partial charge in [-0.25, -0.2) is 9.78 Å². The van der Waals surface area contributed by atoms with E-state index in [9.17, 15) is 4.79 Å². The van der Waals surface area contributed by atoms with Gasteiger partial charge in [0.05, 0.1) is 0 Å². The third kappa shape index (κ3) is 1.35. The summed E-state index contributed by atoms with van der Waals surface area (Å²) in [6, 6.07) is 9.81. The molecule has 4 heteroatoms. The van der Waals surface area contributed by atoms with E-state index in [1.54, 1.807) is 17.0 Å². The van der Waals surface area contributed by atoms with Gasteiger partial charge in [-0.2, -0.15) is 4.57 Å². The Morgan fingerprint density at radius 1 is 1.25 bits per heavy atom. The highest BCUT2D eigenvalue weighted by Crippen LogP contribution is 2.15. The van der Waals surface area contributed by atoms with Gasteiger partial charge in [0.1, 0.15) is 18.1 Å². The first-order chi connectivity index (χ1) is 7.84. The monoisotopic (exact) mass is 212 g/mol. The maximum Gasteiger partial charge on any atom is 0.355 e. The number of rotatable bonds is 1. The molecule has 3 rings (SSSR count). The van der Waals surface area contributed by atoms with E-state index in [-0.39, 0.29) is 5.91 Å². The van der Waals surface area contributed by atoms with Gasteiger partial charge >= 0.3 is 11.7 Å². The van der Waals surface area contributed by atoms with Crippen LogP contribution in [0.25, 0.3) is 11.3 Å². The van der Waals surface area contributed by atoms with Crippen molar-refractivity contribution in [2.24, 2.45) is 0 Å². The van der Waals surface area contributed by atoms with Crippen molar-refractivity contribution in [2.45, 2.75) is 0 Å². The SMILES string of the molecule is O=C1CNc2cnc(-c3ccccc3)c[n+]21. The summed E-state index contributed by atoms with van der Waals surface area (Å²) in [4.78, 5) is 15.8. The molecule has 0 saturated heterocycles. The summed E-state index contributed by atoms with van der Waals surface area (Å²) in [7, 11) is 0. The Hall–Kier alpha value is -2.23. The van der Waals surface area contributed by atoms with Crippen molar-refractivity contribution in [1.29, 1.82) is 0 Å². The fourth-order valence-electron chi connectivity index (χ4n) is 1.76. The van der Waals surface area contributed by atoms with Crippen molar-refractivity contribution < 1.29 is 9.36 Å². The van der Waals surface area contributed by atoms with Crippen molar-refractivity contribution in [3.05, 3.63) is 42.7 Å². The highest BCUT2D eigenvalue weighted by molar-refractivity contribution is 5.77. The molecule has 1 N–H and O–H groups in total. The zero-order chi connectivity index (χ0) is 11.0. The summed E-state index contributed by atoms with van der Waals surface area (Å²) in [5.41, 5.74) is 1.82. The van der Waals surface area contributed by atoms with Crippen LogP contribution in [0.5, 0.6) is 0 Å². The fraction of sp³-hybridized carbons (Fsp3) is 0.0833. The van der Waals surface area contributed by atoms with Gasteiger partial charge in [0, 0.05) is 5.56 Å². The van der Waals surface area contributed by atoms with E-state index < -0.39 is 0 Å². The van der Waals surface area contributed by atoms with Crippen LogP contribution in [0.1, 0.15) is 4.79 Å². The number of fused-ring (bicyclic) bond motifs is 1. The molecule has 1 aliphatic heterocycles. The predicted molar refractivity (Wildman–Crippen MR) is 59.0 cm³/mol. The van der Waals surface area contributed by atoms with Gasteiger partial charge in [-0.1, -0.05) is 30.3 Å². The lowest BCUT2D eigenvalue weighted by atomic mass is 10.2. The molecule has 0 atom stereocenters. The first-order valence-electron chi connectivity index (χ1n) is 5.09. The number of benzene rings is 1. The van der Waals surface area contributed by atoms with Gasteiger partial charge in [-0.15, -0.1) is 0 Å². The largest absolute Gasteiger partial charge is 0.355 e. The number of hydrogen-bond donors (Lipinski definition) is 1. The van der Waals surface area contributed by atoms with E-state index in [0.717, 1.165) is 17.1 Å². The molecule has 1 aliphatic rings. The van der Waals surface area contributed by atoms with E-state index in [1.807, 2.05) is 30.3 Å². The number of carbonyl (C=O) groups is 1. The minimum absolute atomic E-state index is 0.0505. The van der Waals surface area contributed by atoms with Crippen LogP contribution in [0.2, 0.25) is 0 Å². The van der Waals surface area contributed by atoms with Crippen LogP contribution in [0.15, 0.2) is 42.7 Å². The Labute approximate surface area is 92.6 Å². The predicted octanol–water partition coefficient (Wildman–Crippen LogP) is 1.10. The summed E-state index contributed by atoms with van der Waals surface area (Å²) in [5.74, 6) is 0.805. The smallest absolute Gasteiger partial charge is 0.261 e. The molecule has 1 aromatic heterocycles. The topological polar surface area (TPSA) is 45.9 Å². The average molecular weight is 212 g/mol. The second kappa shape index (κ2) is 3.41. The number of carbonyl (C=O) groups excluding carboxylic acids is 1. The Morgan fingerprint density at radius 2 is 2.06 bits per heavy atom. The van der Waals surface area contributed by atoms with E-state index >= 15 is 0 Å². The average Bonchev–Trinajstić information content (AvgIpc) is 2.72. The zero-order valence-electron chi connectivity index (χ0n) is 8.55. The van der Waals surface area contributed by atoms with Crippen LogP contribution in [0, 0.1) is 0 Å². The second-order valence-corrected chi connectivity index (χ2v) is 3.64. The maximum absolute atomic E-state index is 11.5. The molecular formula is C12H10N3O+. The van der Waals surface area contributed by atoms with E-state index in [1.165, 1.54) is 0 Å². The molecule has 78 valence electrons. The molecular weight excluding hydrogens is 202 g/mol. The molecule has 4 nitrogen and oxygen atoms in total. The summed E-state index contributed by atoms with van der Waals surface area (Å²) >= 11 is 0. The lowest BCUT2D eigenvalue weighted by Crippen LogP contribution is -2.39. The van der Waals surface area contributed by atoms with Crippen molar-refractivity contribution >= 4 is 11.7 Å². The Kier molecular flexibility index (Phi) is 1.93. The normalized spacial score (nSPS) is 13.4. The van der Waals surface area contributed by atoms with Crippen molar-refractivity contribution in [3.8, 4) is 11.3 Å². The summed E-state index contributed by atoms with van der Waals surface area (Å²) in [6.45, 7) is 0.347. The van der Waals surface area contributed by atoms with Crippen LogP contribution in [0.3, 0.4) is 0 Å². The van der Waals surface area contributed by atoms with Crippen LogP contribution in [0.4, 0.5) is 5.82 Å². The standard InChI is InChI=1S/C12H9N3O/c16-12-7-14-11-6-13-10(8-15(11)12)9-4-2-1-3-5-9/h1-6,8H,7H2/p+1. The third-order valence-electron chi connectivity index (χ3n) is 2.60. The molecule has 0 amide bonds. The van der Waals surface area contributed by atoms with Crippen LogP contribution < -0.4 is 9.88 Å². The summed E-state index contributed by atoms with van der Waals surface area (Å²) in [5, 5.41) is 2.98. The molecule has 0 aliphatic carbocycles. The van der Waals surface area contributed by atoms with Crippen molar-refractivity contribution in [2.75, 3.05) is 11.9 Å². The van der Waals surface area contributed by atoms with Gasteiger partial charge in [-0.3, -0.25) is 5.32 Å². The van der Waals surface area contributed by atoms with Crippen molar-refractivity contribution in [1.82, 2.24) is 4.98 Å². The summed E-state index contributed by atoms with van der Waals surface area (Å²) in [6.07, 6.45) is 3.46. The van der Waals surface area contributed by atoms with Gasteiger partial charge in [0.2, 0.25) is 0 Å². The van der Waals surface area contributed by atoms with Gasteiger partial charge in [0.25, 0.3) is 0 Å². The van der Waals surface area contributed by atoms with Gasteiger partial charge in [-0.05, 0) is 0 Å². The Balaban J connectivity index is 2.11. The minimum Gasteiger partial charge on any atom is -0.261 e. The second-order valence-electron chi connectivity index (χ2n) is 3.64. The molecule has 2 heterocycles. The minimum atomic E-state index is 0.0505. The number of nitrogens with zero attached hydrogens (tertiary/aromatic N) is 2. The van der Waals surface area contributed by atoms with E-state index in [0.29, 0.717) is 6.54 Å². The molecule has 1 aromatic carbocycles. The number of hydrogen-bond acceptors (Lipinski definition) is 3. The first kappa shape index (κ1) is 9.03. The zero-order valence-corrected chi connectivity index (χ0v) is 8.55. The molecule has 0 bridgehead atoms. The molecule has 16 heavy (non-hydrogen) atoms.